The first-order valence-corrected chi connectivity index (χ1v) is 6.67. The van der Waals surface area contributed by atoms with Crippen molar-refractivity contribution in [3.63, 3.8) is 0 Å². The van der Waals surface area contributed by atoms with Crippen LogP contribution in [0.4, 0.5) is 24.5 Å². The van der Waals surface area contributed by atoms with Crippen molar-refractivity contribution in [2.75, 3.05) is 24.1 Å². The van der Waals surface area contributed by atoms with E-state index in [0.717, 1.165) is 6.07 Å². The number of alkyl halides is 3. The van der Waals surface area contributed by atoms with Gasteiger partial charge in [0.1, 0.15) is 0 Å². The Labute approximate surface area is 121 Å². The van der Waals surface area contributed by atoms with Gasteiger partial charge in [-0.3, -0.25) is 4.79 Å². The van der Waals surface area contributed by atoms with Crippen LogP contribution in [0.3, 0.4) is 0 Å². The molecular formula is C14H20F3N3O. The Kier molecular flexibility index (Phi) is 5.87. The van der Waals surface area contributed by atoms with Crippen molar-refractivity contribution in [1.29, 1.82) is 0 Å². The SMILES string of the molecule is CC(C)CNC(=O)CCNc1ccc(N)cc1C(F)(F)F. The third kappa shape index (κ3) is 5.93. The van der Waals surface area contributed by atoms with Crippen molar-refractivity contribution in [2.24, 2.45) is 5.92 Å². The van der Waals surface area contributed by atoms with Gasteiger partial charge in [-0.05, 0) is 24.1 Å². The molecule has 0 heterocycles. The van der Waals surface area contributed by atoms with Crippen LogP contribution in [0.2, 0.25) is 0 Å². The summed E-state index contributed by atoms with van der Waals surface area (Å²) in [6.07, 6.45) is -4.38. The summed E-state index contributed by atoms with van der Waals surface area (Å²) in [5.74, 6) is 0.135. The van der Waals surface area contributed by atoms with Gasteiger partial charge in [-0.1, -0.05) is 13.8 Å². The molecule has 0 aliphatic heterocycles. The zero-order chi connectivity index (χ0) is 16.0. The molecule has 4 N–H and O–H groups in total. The van der Waals surface area contributed by atoms with Crippen molar-refractivity contribution in [3.05, 3.63) is 23.8 Å². The number of hydrogen-bond donors (Lipinski definition) is 3. The molecule has 0 radical (unpaired) electrons. The lowest BCUT2D eigenvalue weighted by Gasteiger charge is -2.15. The maximum absolute atomic E-state index is 12.8. The number of rotatable bonds is 6. The van der Waals surface area contributed by atoms with Crippen LogP contribution in [0, 0.1) is 5.92 Å². The summed E-state index contributed by atoms with van der Waals surface area (Å²) in [7, 11) is 0. The van der Waals surface area contributed by atoms with E-state index >= 15 is 0 Å². The van der Waals surface area contributed by atoms with Crippen LogP contribution >= 0.6 is 0 Å². The van der Waals surface area contributed by atoms with E-state index < -0.39 is 11.7 Å². The van der Waals surface area contributed by atoms with Crippen LogP contribution in [0.1, 0.15) is 25.8 Å². The summed E-state index contributed by atoms with van der Waals surface area (Å²) in [4.78, 5) is 11.5. The molecule has 0 bridgehead atoms. The van der Waals surface area contributed by atoms with Gasteiger partial charge in [0.2, 0.25) is 5.91 Å². The zero-order valence-electron chi connectivity index (χ0n) is 12.1. The van der Waals surface area contributed by atoms with Gasteiger partial charge < -0.3 is 16.4 Å². The highest BCUT2D eigenvalue weighted by atomic mass is 19.4. The van der Waals surface area contributed by atoms with E-state index in [9.17, 15) is 18.0 Å². The predicted molar refractivity (Wildman–Crippen MR) is 76.8 cm³/mol. The Morgan fingerprint density at radius 1 is 1.33 bits per heavy atom. The molecule has 0 aromatic heterocycles. The topological polar surface area (TPSA) is 67.2 Å². The van der Waals surface area contributed by atoms with Gasteiger partial charge in [-0.2, -0.15) is 13.2 Å². The lowest BCUT2D eigenvalue weighted by molar-refractivity contribution is -0.136. The second kappa shape index (κ2) is 7.19. The first kappa shape index (κ1) is 17.1. The molecule has 4 nitrogen and oxygen atoms in total. The summed E-state index contributed by atoms with van der Waals surface area (Å²) < 4.78 is 38.5. The van der Waals surface area contributed by atoms with Crippen molar-refractivity contribution in [3.8, 4) is 0 Å². The normalized spacial score (nSPS) is 11.5. The number of carbonyl (C=O) groups excluding carboxylic acids is 1. The quantitative estimate of drug-likeness (QED) is 0.708. The summed E-state index contributed by atoms with van der Waals surface area (Å²) in [5.41, 5.74) is 4.52. The lowest BCUT2D eigenvalue weighted by atomic mass is 10.1. The Morgan fingerprint density at radius 3 is 2.57 bits per heavy atom. The Morgan fingerprint density at radius 2 is 2.00 bits per heavy atom. The fourth-order valence-corrected chi connectivity index (χ4v) is 1.67. The van der Waals surface area contributed by atoms with Crippen LogP contribution < -0.4 is 16.4 Å². The summed E-state index contributed by atoms with van der Waals surface area (Å²) in [6.45, 7) is 4.59. The van der Waals surface area contributed by atoms with Gasteiger partial charge in [0, 0.05) is 30.9 Å². The number of anilines is 2. The van der Waals surface area contributed by atoms with Crippen molar-refractivity contribution in [2.45, 2.75) is 26.4 Å². The number of nitrogens with two attached hydrogens (primary N) is 1. The maximum Gasteiger partial charge on any atom is 0.418 e. The second-order valence-electron chi connectivity index (χ2n) is 5.18. The molecule has 21 heavy (non-hydrogen) atoms. The van der Waals surface area contributed by atoms with E-state index in [2.05, 4.69) is 10.6 Å². The molecule has 0 aliphatic rings. The maximum atomic E-state index is 12.8. The molecule has 1 rings (SSSR count). The van der Waals surface area contributed by atoms with Crippen LogP contribution in [0.5, 0.6) is 0 Å². The molecule has 0 saturated heterocycles. The Bertz CT molecular complexity index is 487. The molecule has 0 unspecified atom stereocenters. The highest BCUT2D eigenvalue weighted by molar-refractivity contribution is 5.76. The number of nitrogen functional groups attached to an aromatic ring is 1. The molecule has 0 spiro atoms. The molecule has 0 atom stereocenters. The molecule has 1 amide bonds. The number of halogens is 3. The fourth-order valence-electron chi connectivity index (χ4n) is 1.67. The monoisotopic (exact) mass is 303 g/mol. The molecular weight excluding hydrogens is 283 g/mol. The van der Waals surface area contributed by atoms with Crippen LogP contribution in [-0.4, -0.2) is 19.0 Å². The van der Waals surface area contributed by atoms with Crippen LogP contribution in [-0.2, 0) is 11.0 Å². The number of hydrogen-bond acceptors (Lipinski definition) is 3. The third-order valence-corrected chi connectivity index (χ3v) is 2.72. The highest BCUT2D eigenvalue weighted by Gasteiger charge is 2.33. The van der Waals surface area contributed by atoms with Crippen molar-refractivity contribution >= 4 is 17.3 Å². The first-order valence-electron chi connectivity index (χ1n) is 6.67. The number of carbonyl (C=O) groups is 1. The number of nitrogens with one attached hydrogen (secondary N) is 2. The van der Waals surface area contributed by atoms with Gasteiger partial charge >= 0.3 is 6.18 Å². The predicted octanol–water partition coefficient (Wildman–Crippen LogP) is 2.86. The molecule has 7 heteroatoms. The van der Waals surface area contributed by atoms with Gasteiger partial charge in [0.05, 0.1) is 5.56 Å². The molecule has 1 aromatic carbocycles. The van der Waals surface area contributed by atoms with E-state index in [-0.39, 0.29) is 30.2 Å². The average molecular weight is 303 g/mol. The Balaban J connectivity index is 2.58. The smallest absolute Gasteiger partial charge is 0.399 e. The van der Waals surface area contributed by atoms with Gasteiger partial charge in [0.25, 0.3) is 0 Å². The summed E-state index contributed by atoms with van der Waals surface area (Å²) in [6, 6.07) is 3.53. The highest BCUT2D eigenvalue weighted by Crippen LogP contribution is 2.35. The lowest BCUT2D eigenvalue weighted by Crippen LogP contribution is -2.28. The molecule has 1 aromatic rings. The first-order chi connectivity index (χ1) is 9.70. The van der Waals surface area contributed by atoms with E-state index in [1.54, 1.807) is 0 Å². The van der Waals surface area contributed by atoms with Gasteiger partial charge in [-0.25, -0.2) is 0 Å². The molecule has 0 fully saturated rings. The summed E-state index contributed by atoms with van der Waals surface area (Å²) in [5, 5.41) is 5.33. The molecule has 0 aliphatic carbocycles. The number of amides is 1. The van der Waals surface area contributed by atoms with Gasteiger partial charge in [0.15, 0.2) is 0 Å². The number of benzene rings is 1. The minimum absolute atomic E-state index is 0.0440. The second-order valence-corrected chi connectivity index (χ2v) is 5.18. The summed E-state index contributed by atoms with van der Waals surface area (Å²) >= 11 is 0. The Hall–Kier alpha value is -1.92. The molecule has 0 saturated carbocycles. The standard InChI is InChI=1S/C14H20F3N3O/c1-9(2)8-20-13(21)5-6-19-12-4-3-10(18)7-11(12)14(15,16)17/h3-4,7,9,19H,5-6,8,18H2,1-2H3,(H,20,21). The van der Waals surface area contributed by atoms with E-state index in [4.69, 9.17) is 5.73 Å². The van der Waals surface area contributed by atoms with Gasteiger partial charge in [-0.15, -0.1) is 0 Å². The van der Waals surface area contributed by atoms with Crippen LogP contribution in [0.25, 0.3) is 0 Å². The largest absolute Gasteiger partial charge is 0.418 e. The van der Waals surface area contributed by atoms with E-state index in [0.29, 0.717) is 12.5 Å². The minimum Gasteiger partial charge on any atom is -0.399 e. The third-order valence-electron chi connectivity index (χ3n) is 2.72. The van der Waals surface area contributed by atoms with Crippen LogP contribution in [0.15, 0.2) is 18.2 Å². The molecule has 118 valence electrons. The van der Waals surface area contributed by atoms with E-state index in [1.165, 1.54) is 12.1 Å². The minimum atomic E-state index is -4.49. The zero-order valence-corrected chi connectivity index (χ0v) is 12.1. The van der Waals surface area contributed by atoms with E-state index in [1.807, 2.05) is 13.8 Å². The van der Waals surface area contributed by atoms with Crippen molar-refractivity contribution < 1.29 is 18.0 Å². The average Bonchev–Trinajstić information content (AvgIpc) is 2.37. The van der Waals surface area contributed by atoms with Crippen molar-refractivity contribution in [1.82, 2.24) is 5.32 Å². The fraction of sp³-hybridized carbons (Fsp3) is 0.500.